The Morgan fingerprint density at radius 2 is 1.53 bits per heavy atom. The van der Waals surface area contributed by atoms with Crippen LogP contribution in [-0.4, -0.2) is 20.1 Å². The molecule has 0 unspecified atom stereocenters. The molecule has 1 heterocycles. The molecule has 3 rings (SSSR count). The number of nitrogens with two attached hydrogens (primary N) is 2. The van der Waals surface area contributed by atoms with Gasteiger partial charge in [0, 0.05) is 5.56 Å². The number of rotatable bonds is 4. The van der Waals surface area contributed by atoms with Gasteiger partial charge >= 0.3 is 0 Å². The fraction of sp³-hybridized carbons (Fsp3) is 0.0500. The third-order valence-corrected chi connectivity index (χ3v) is 5.37. The molecule has 0 aliphatic heterocycles. The summed E-state index contributed by atoms with van der Waals surface area (Å²) in [7, 11) is -2.43. The monoisotopic (exact) mass is 421 g/mol. The predicted octanol–water partition coefficient (Wildman–Crippen LogP) is 1.49. The van der Waals surface area contributed by atoms with Gasteiger partial charge in [0.05, 0.1) is 17.7 Å². The Morgan fingerprint density at radius 1 is 0.967 bits per heavy atom. The number of ether oxygens (including phenoxy) is 1. The lowest BCUT2D eigenvalue weighted by atomic mass is 9.96. The molecule has 9 nitrogen and oxygen atoms in total. The van der Waals surface area contributed by atoms with Gasteiger partial charge in [0.1, 0.15) is 34.8 Å². The number of hydrogen-bond acceptors (Lipinski definition) is 7. The summed E-state index contributed by atoms with van der Waals surface area (Å²) in [6, 6.07) is 15.3. The van der Waals surface area contributed by atoms with Crippen LogP contribution in [0.5, 0.6) is 5.75 Å². The number of nitriles is 2. The highest BCUT2D eigenvalue weighted by molar-refractivity contribution is 7.89. The average Bonchev–Trinajstić information content (AvgIpc) is 2.73. The molecule has 0 radical (unpaired) electrons. The van der Waals surface area contributed by atoms with Crippen molar-refractivity contribution in [3.8, 4) is 34.7 Å². The Balaban J connectivity index is 2.32. The zero-order chi connectivity index (χ0) is 22.1. The van der Waals surface area contributed by atoms with E-state index in [-0.39, 0.29) is 33.1 Å². The lowest BCUT2D eigenvalue weighted by Gasteiger charge is -2.16. The summed E-state index contributed by atoms with van der Waals surface area (Å²) >= 11 is 0. The van der Waals surface area contributed by atoms with Gasteiger partial charge in [0.25, 0.3) is 5.56 Å². The molecule has 30 heavy (non-hydrogen) atoms. The van der Waals surface area contributed by atoms with Gasteiger partial charge in [-0.2, -0.15) is 10.5 Å². The molecule has 3 aromatic rings. The van der Waals surface area contributed by atoms with E-state index in [1.54, 1.807) is 24.3 Å². The molecular formula is C20H15N5O4S. The van der Waals surface area contributed by atoms with E-state index in [4.69, 9.17) is 15.6 Å². The number of nitrogen functional groups attached to an aromatic ring is 1. The molecule has 0 fully saturated rings. The Labute approximate surface area is 172 Å². The highest BCUT2D eigenvalue weighted by atomic mass is 32.2. The Kier molecular flexibility index (Phi) is 5.30. The summed E-state index contributed by atoms with van der Waals surface area (Å²) in [6.45, 7) is 0. The van der Waals surface area contributed by atoms with Crippen LogP contribution in [0.25, 0.3) is 16.8 Å². The van der Waals surface area contributed by atoms with E-state index >= 15 is 0 Å². The quantitative estimate of drug-likeness (QED) is 0.644. The van der Waals surface area contributed by atoms with Crippen LogP contribution in [0.15, 0.2) is 58.2 Å². The standard InChI is InChI=1S/C20H15N5O4S/c1-29-14-6-2-12(3-7-14)18-16(10-21)19(23)25(20(26)17(18)11-22)13-4-8-15(9-5-13)30(24,27)28/h2-9H,23H2,1H3,(H2,24,27,28). The normalized spacial score (nSPS) is 10.8. The first-order chi connectivity index (χ1) is 14.2. The first-order valence-corrected chi connectivity index (χ1v) is 9.94. The van der Waals surface area contributed by atoms with Crippen molar-refractivity contribution in [1.29, 1.82) is 10.5 Å². The number of nitrogens with zero attached hydrogens (tertiary/aromatic N) is 3. The molecule has 0 spiro atoms. The number of pyridine rings is 1. The molecule has 0 saturated carbocycles. The second kappa shape index (κ2) is 7.72. The maximum Gasteiger partial charge on any atom is 0.275 e. The molecule has 0 atom stereocenters. The third-order valence-electron chi connectivity index (χ3n) is 4.44. The van der Waals surface area contributed by atoms with Gasteiger partial charge in [0.2, 0.25) is 10.0 Å². The zero-order valence-electron chi connectivity index (χ0n) is 15.7. The van der Waals surface area contributed by atoms with Gasteiger partial charge in [-0.25, -0.2) is 13.6 Å². The van der Waals surface area contributed by atoms with Crippen molar-refractivity contribution in [2.45, 2.75) is 4.90 Å². The SMILES string of the molecule is COc1ccc(-c2c(C#N)c(N)n(-c3ccc(S(N)(=O)=O)cc3)c(=O)c2C#N)cc1. The first-order valence-electron chi connectivity index (χ1n) is 8.39. The van der Waals surface area contributed by atoms with E-state index in [0.717, 1.165) is 4.57 Å². The lowest BCUT2D eigenvalue weighted by Crippen LogP contribution is -2.26. The first kappa shape index (κ1) is 20.6. The Morgan fingerprint density at radius 3 is 2.00 bits per heavy atom. The van der Waals surface area contributed by atoms with Crippen molar-refractivity contribution in [2.24, 2.45) is 5.14 Å². The molecule has 0 bridgehead atoms. The summed E-state index contributed by atoms with van der Waals surface area (Å²) < 4.78 is 29.0. The minimum Gasteiger partial charge on any atom is -0.497 e. The van der Waals surface area contributed by atoms with Gasteiger partial charge in [-0.05, 0) is 42.0 Å². The highest BCUT2D eigenvalue weighted by Gasteiger charge is 2.23. The van der Waals surface area contributed by atoms with Crippen LogP contribution in [-0.2, 0) is 10.0 Å². The van der Waals surface area contributed by atoms with Gasteiger partial charge in [-0.3, -0.25) is 9.36 Å². The molecule has 4 N–H and O–H groups in total. The van der Waals surface area contributed by atoms with Crippen molar-refractivity contribution < 1.29 is 13.2 Å². The average molecular weight is 421 g/mol. The molecule has 1 aromatic heterocycles. The Bertz CT molecular complexity index is 1380. The topological polar surface area (TPSA) is 165 Å². The van der Waals surface area contributed by atoms with Crippen molar-refractivity contribution >= 4 is 15.8 Å². The van der Waals surface area contributed by atoms with E-state index in [9.17, 15) is 23.7 Å². The van der Waals surface area contributed by atoms with Crippen LogP contribution in [0.3, 0.4) is 0 Å². The maximum atomic E-state index is 13.1. The summed E-state index contributed by atoms with van der Waals surface area (Å²) in [5, 5.41) is 24.5. The van der Waals surface area contributed by atoms with E-state index < -0.39 is 15.6 Å². The summed E-state index contributed by atoms with van der Waals surface area (Å²) in [5.74, 6) is 0.377. The minimum absolute atomic E-state index is 0.0631. The number of primary sulfonamides is 1. The molecule has 0 aliphatic rings. The van der Waals surface area contributed by atoms with Crippen LogP contribution >= 0.6 is 0 Å². The van der Waals surface area contributed by atoms with E-state index in [1.165, 1.54) is 31.4 Å². The van der Waals surface area contributed by atoms with Crippen molar-refractivity contribution in [1.82, 2.24) is 4.57 Å². The van der Waals surface area contributed by atoms with Crippen molar-refractivity contribution in [3.05, 3.63) is 70.0 Å². The van der Waals surface area contributed by atoms with Gasteiger partial charge < -0.3 is 10.5 Å². The predicted molar refractivity (Wildman–Crippen MR) is 109 cm³/mol. The van der Waals surface area contributed by atoms with E-state index in [1.807, 2.05) is 12.1 Å². The number of benzene rings is 2. The van der Waals surface area contributed by atoms with Crippen LogP contribution in [0.4, 0.5) is 5.82 Å². The van der Waals surface area contributed by atoms with Crippen LogP contribution in [0.1, 0.15) is 11.1 Å². The smallest absolute Gasteiger partial charge is 0.275 e. The molecule has 2 aromatic carbocycles. The largest absolute Gasteiger partial charge is 0.497 e. The van der Waals surface area contributed by atoms with Gasteiger partial charge in [-0.15, -0.1) is 0 Å². The number of anilines is 1. The summed E-state index contributed by atoms with van der Waals surface area (Å²) in [5.41, 5.74) is 5.79. The van der Waals surface area contributed by atoms with Crippen LogP contribution in [0, 0.1) is 22.7 Å². The molecule has 0 amide bonds. The minimum atomic E-state index is -3.93. The molecular weight excluding hydrogens is 406 g/mol. The van der Waals surface area contributed by atoms with Gasteiger partial charge in [-0.1, -0.05) is 12.1 Å². The second-order valence-corrected chi connectivity index (χ2v) is 7.70. The maximum absolute atomic E-state index is 13.1. The third kappa shape index (κ3) is 3.49. The fourth-order valence-electron chi connectivity index (χ4n) is 3.00. The van der Waals surface area contributed by atoms with Crippen molar-refractivity contribution in [3.63, 3.8) is 0 Å². The van der Waals surface area contributed by atoms with Crippen LogP contribution < -0.4 is 21.2 Å². The molecule has 10 heteroatoms. The fourth-order valence-corrected chi connectivity index (χ4v) is 3.51. The van der Waals surface area contributed by atoms with Gasteiger partial charge in [0.15, 0.2) is 0 Å². The molecule has 150 valence electrons. The number of aromatic nitrogens is 1. The second-order valence-electron chi connectivity index (χ2n) is 6.14. The molecule has 0 aliphatic carbocycles. The zero-order valence-corrected chi connectivity index (χ0v) is 16.5. The summed E-state index contributed by atoms with van der Waals surface area (Å²) in [6.07, 6.45) is 0. The summed E-state index contributed by atoms with van der Waals surface area (Å²) in [4.78, 5) is 12.9. The highest BCUT2D eigenvalue weighted by Crippen LogP contribution is 2.31. The van der Waals surface area contributed by atoms with Crippen LogP contribution in [0.2, 0.25) is 0 Å². The number of hydrogen-bond donors (Lipinski definition) is 2. The number of sulfonamides is 1. The van der Waals surface area contributed by atoms with E-state index in [2.05, 4.69) is 0 Å². The van der Waals surface area contributed by atoms with E-state index in [0.29, 0.717) is 11.3 Å². The molecule has 0 saturated heterocycles. The van der Waals surface area contributed by atoms with Crippen molar-refractivity contribution in [2.75, 3.05) is 12.8 Å². The lowest BCUT2D eigenvalue weighted by molar-refractivity contribution is 0.415. The Hall–Kier alpha value is -4.12. The number of methoxy groups -OCH3 is 1.